The number of aliphatic hydroxyl groups excluding tert-OH is 6. The smallest absolute Gasteiger partial charge is 0.252 e. The summed E-state index contributed by atoms with van der Waals surface area (Å²) in [6, 6.07) is -0.589. The summed E-state index contributed by atoms with van der Waals surface area (Å²) in [6.07, 6.45) is 4.40. The summed E-state index contributed by atoms with van der Waals surface area (Å²) in [7, 11) is 0. The zero-order chi connectivity index (χ0) is 28.5. The molecule has 10 nitrogen and oxygen atoms in total. The summed E-state index contributed by atoms with van der Waals surface area (Å²) >= 11 is 0. The molecule has 0 aliphatic carbocycles. The van der Waals surface area contributed by atoms with Gasteiger partial charge in [-0.05, 0) is 45.4 Å². The number of aliphatic hydroxyl groups is 6. The van der Waals surface area contributed by atoms with E-state index in [2.05, 4.69) is 25.2 Å². The van der Waals surface area contributed by atoms with E-state index >= 15 is 0 Å². The van der Waals surface area contributed by atoms with Crippen LogP contribution < -0.4 is 5.32 Å². The number of allylic oxidation sites excluding steroid dienone is 3. The molecule has 0 radical (unpaired) electrons. The lowest BCUT2D eigenvalue weighted by molar-refractivity contribution is -0.302. The zero-order valence-electron chi connectivity index (χ0n) is 23.2. The fourth-order valence-corrected chi connectivity index (χ4v) is 4.20. The van der Waals surface area contributed by atoms with Crippen LogP contribution in [0.4, 0.5) is 0 Å². The van der Waals surface area contributed by atoms with Crippen LogP contribution >= 0.6 is 0 Å². The van der Waals surface area contributed by atoms with Gasteiger partial charge in [-0.2, -0.15) is 0 Å². The van der Waals surface area contributed by atoms with Crippen molar-refractivity contribution in [1.29, 1.82) is 0 Å². The molecule has 1 amide bonds. The molecule has 1 saturated heterocycles. The van der Waals surface area contributed by atoms with E-state index in [1.807, 2.05) is 6.92 Å². The summed E-state index contributed by atoms with van der Waals surface area (Å²) in [5, 5.41) is 62.9. The van der Waals surface area contributed by atoms with Gasteiger partial charge >= 0.3 is 0 Å². The van der Waals surface area contributed by atoms with Crippen molar-refractivity contribution in [2.45, 2.75) is 134 Å². The molecule has 10 heteroatoms. The molecule has 1 aliphatic heterocycles. The Hall–Kier alpha value is -1.37. The van der Waals surface area contributed by atoms with Gasteiger partial charge in [-0.3, -0.25) is 4.79 Å². The normalized spacial score (nSPS) is 26.9. The Morgan fingerprint density at radius 2 is 1.74 bits per heavy atom. The standard InChI is InChI=1S/C28H51NO9/c1-4-6-8-9-10-11-16-21(31)23(32)27(36)29-20(15-12-14-19(3)13-7-5-2)18-37-28-26(35)25(34)24(33)22(17-30)38-28/h11,13,16,20-26,28,30-35H,4-10,12,14-15,17-18H2,1-3H3,(H,29,36)/b16-11+,19-13+/t20-,21?,22-,23?,24-,25+,26-,28-/m1/s1. The van der Waals surface area contributed by atoms with Gasteiger partial charge in [0.2, 0.25) is 0 Å². The predicted molar refractivity (Wildman–Crippen MR) is 144 cm³/mol. The molecule has 2 unspecified atom stereocenters. The fraction of sp³-hybridized carbons (Fsp3) is 0.821. The third-order valence-corrected chi connectivity index (χ3v) is 6.71. The van der Waals surface area contributed by atoms with Gasteiger partial charge in [-0.25, -0.2) is 0 Å². The van der Waals surface area contributed by atoms with Gasteiger partial charge in [0.25, 0.3) is 5.91 Å². The Morgan fingerprint density at radius 1 is 1.00 bits per heavy atom. The minimum absolute atomic E-state index is 0.123. The van der Waals surface area contributed by atoms with Crippen LogP contribution in [0.2, 0.25) is 0 Å². The molecule has 0 spiro atoms. The Morgan fingerprint density at radius 3 is 2.39 bits per heavy atom. The molecule has 38 heavy (non-hydrogen) atoms. The molecule has 0 aromatic rings. The van der Waals surface area contributed by atoms with E-state index in [9.17, 15) is 35.4 Å². The maximum Gasteiger partial charge on any atom is 0.252 e. The molecule has 0 bridgehead atoms. The predicted octanol–water partition coefficient (Wildman–Crippen LogP) is 1.45. The maximum atomic E-state index is 12.7. The molecule has 1 fully saturated rings. The molecular weight excluding hydrogens is 494 g/mol. The number of amides is 1. The zero-order valence-corrected chi connectivity index (χ0v) is 23.2. The van der Waals surface area contributed by atoms with Gasteiger partial charge in [-0.1, -0.05) is 63.3 Å². The number of rotatable bonds is 19. The molecule has 1 aliphatic rings. The van der Waals surface area contributed by atoms with Crippen molar-refractivity contribution in [2.75, 3.05) is 13.2 Å². The first kappa shape index (κ1) is 34.7. The minimum atomic E-state index is -1.66. The highest BCUT2D eigenvalue weighted by Gasteiger charge is 2.44. The molecule has 0 saturated carbocycles. The van der Waals surface area contributed by atoms with Gasteiger partial charge < -0.3 is 45.4 Å². The van der Waals surface area contributed by atoms with Crippen molar-refractivity contribution in [3.8, 4) is 0 Å². The third-order valence-electron chi connectivity index (χ3n) is 6.71. The number of unbranched alkanes of at least 4 members (excludes halogenated alkanes) is 5. The molecule has 0 aromatic carbocycles. The number of carbonyl (C=O) groups excluding carboxylic acids is 1. The lowest BCUT2D eigenvalue weighted by Crippen LogP contribution is -2.59. The summed E-state index contributed by atoms with van der Waals surface area (Å²) in [6.45, 7) is 5.57. The highest BCUT2D eigenvalue weighted by atomic mass is 16.7. The average molecular weight is 546 g/mol. The van der Waals surface area contributed by atoms with Gasteiger partial charge in [-0.15, -0.1) is 0 Å². The summed E-state index contributed by atoms with van der Waals surface area (Å²) < 4.78 is 11.0. The van der Waals surface area contributed by atoms with Crippen LogP contribution in [0.5, 0.6) is 0 Å². The van der Waals surface area contributed by atoms with Crippen molar-refractivity contribution in [2.24, 2.45) is 0 Å². The van der Waals surface area contributed by atoms with E-state index in [-0.39, 0.29) is 6.61 Å². The molecule has 8 atom stereocenters. The minimum Gasteiger partial charge on any atom is -0.394 e. The van der Waals surface area contributed by atoms with Gasteiger partial charge in [0.15, 0.2) is 12.4 Å². The van der Waals surface area contributed by atoms with Crippen LogP contribution in [0.25, 0.3) is 0 Å². The number of ether oxygens (including phenoxy) is 2. The van der Waals surface area contributed by atoms with Crippen LogP contribution in [0, 0.1) is 0 Å². The van der Waals surface area contributed by atoms with Crippen LogP contribution in [0.15, 0.2) is 23.8 Å². The van der Waals surface area contributed by atoms with E-state index in [1.54, 1.807) is 6.08 Å². The second-order valence-electron chi connectivity index (χ2n) is 10.2. The monoisotopic (exact) mass is 545 g/mol. The van der Waals surface area contributed by atoms with Crippen LogP contribution in [0.3, 0.4) is 0 Å². The van der Waals surface area contributed by atoms with E-state index in [1.165, 1.54) is 11.6 Å². The SMILES string of the molecule is CCC/C=C(\C)CCC[C@H](CO[C@@H]1O[C@H](CO)[C@@H](O)[C@H](O)[C@H]1O)NC(=O)C(O)C(O)/C=C/CCCCCC. The van der Waals surface area contributed by atoms with E-state index in [0.717, 1.165) is 51.4 Å². The maximum absolute atomic E-state index is 12.7. The average Bonchev–Trinajstić information content (AvgIpc) is 2.91. The largest absolute Gasteiger partial charge is 0.394 e. The van der Waals surface area contributed by atoms with Crippen LogP contribution in [-0.2, 0) is 14.3 Å². The second-order valence-corrected chi connectivity index (χ2v) is 10.2. The van der Waals surface area contributed by atoms with Crippen molar-refractivity contribution < 1.29 is 44.9 Å². The van der Waals surface area contributed by atoms with Crippen LogP contribution in [0.1, 0.15) is 85.0 Å². The fourth-order valence-electron chi connectivity index (χ4n) is 4.20. The molecule has 7 N–H and O–H groups in total. The molecular formula is C28H51NO9. The van der Waals surface area contributed by atoms with E-state index in [4.69, 9.17) is 9.47 Å². The first-order valence-electron chi connectivity index (χ1n) is 14.1. The molecule has 1 heterocycles. The van der Waals surface area contributed by atoms with Crippen molar-refractivity contribution in [3.05, 3.63) is 23.8 Å². The third kappa shape index (κ3) is 12.7. The highest BCUT2D eigenvalue weighted by molar-refractivity contribution is 5.81. The Labute approximate surface area is 227 Å². The van der Waals surface area contributed by atoms with Gasteiger partial charge in [0.1, 0.15) is 30.5 Å². The highest BCUT2D eigenvalue weighted by Crippen LogP contribution is 2.22. The van der Waals surface area contributed by atoms with Crippen molar-refractivity contribution in [1.82, 2.24) is 5.32 Å². The lowest BCUT2D eigenvalue weighted by Gasteiger charge is -2.40. The van der Waals surface area contributed by atoms with E-state index in [0.29, 0.717) is 12.8 Å². The Balaban J connectivity index is 2.75. The number of hydrogen-bond donors (Lipinski definition) is 7. The Bertz CT molecular complexity index is 700. The van der Waals surface area contributed by atoms with Gasteiger partial charge in [0, 0.05) is 0 Å². The van der Waals surface area contributed by atoms with E-state index < -0.39 is 61.5 Å². The number of hydrogen-bond acceptors (Lipinski definition) is 9. The summed E-state index contributed by atoms with van der Waals surface area (Å²) in [5.74, 6) is -0.756. The summed E-state index contributed by atoms with van der Waals surface area (Å²) in [5.41, 5.74) is 1.23. The second kappa shape index (κ2) is 19.7. The number of carbonyl (C=O) groups is 1. The molecule has 0 aromatic heterocycles. The molecule has 1 rings (SSSR count). The first-order valence-corrected chi connectivity index (χ1v) is 14.1. The molecule has 222 valence electrons. The quantitative estimate of drug-likeness (QED) is 0.0938. The van der Waals surface area contributed by atoms with Gasteiger partial charge in [0.05, 0.1) is 19.3 Å². The Kier molecular flexibility index (Phi) is 17.9. The summed E-state index contributed by atoms with van der Waals surface area (Å²) in [4.78, 5) is 12.7. The van der Waals surface area contributed by atoms with Crippen LogP contribution in [-0.4, -0.2) is 98.7 Å². The van der Waals surface area contributed by atoms with Crippen molar-refractivity contribution in [3.63, 3.8) is 0 Å². The number of nitrogens with one attached hydrogen (secondary N) is 1. The van der Waals surface area contributed by atoms with Crippen molar-refractivity contribution >= 4 is 5.91 Å². The first-order chi connectivity index (χ1) is 18.2. The lowest BCUT2D eigenvalue weighted by atomic mass is 9.99. The topological polar surface area (TPSA) is 169 Å².